The van der Waals surface area contributed by atoms with Gasteiger partial charge in [0.1, 0.15) is 5.78 Å². The number of benzene rings is 1. The molecule has 3 aliphatic rings. The average Bonchev–Trinajstić information content (AvgIpc) is 3.13. The molecule has 2 aliphatic heterocycles. The van der Waals surface area contributed by atoms with Crippen LogP contribution in [0.15, 0.2) is 30.3 Å². The zero-order valence-electron chi connectivity index (χ0n) is 23.0. The van der Waals surface area contributed by atoms with Crippen LogP contribution >= 0.6 is 0 Å². The fraction of sp³-hybridized carbons (Fsp3) is 0.700. The first kappa shape index (κ1) is 27.8. The van der Waals surface area contributed by atoms with Crippen LogP contribution in [0.2, 0.25) is 0 Å². The van der Waals surface area contributed by atoms with E-state index in [9.17, 15) is 19.5 Å². The summed E-state index contributed by atoms with van der Waals surface area (Å²) in [6.45, 7) is 8.79. The first-order valence-electron chi connectivity index (χ1n) is 14.1. The lowest BCUT2D eigenvalue weighted by Crippen LogP contribution is -2.59. The molecule has 0 bridgehead atoms. The van der Waals surface area contributed by atoms with Gasteiger partial charge in [-0.3, -0.25) is 19.3 Å². The molecule has 3 fully saturated rings. The van der Waals surface area contributed by atoms with Gasteiger partial charge in [-0.2, -0.15) is 0 Å². The van der Waals surface area contributed by atoms with Crippen molar-refractivity contribution in [3.05, 3.63) is 35.9 Å². The quantitative estimate of drug-likeness (QED) is 0.523. The van der Waals surface area contributed by atoms with Gasteiger partial charge in [-0.1, -0.05) is 49.6 Å². The van der Waals surface area contributed by atoms with Crippen LogP contribution in [0.4, 0.5) is 0 Å². The highest BCUT2D eigenvalue weighted by atomic mass is 16.3. The van der Waals surface area contributed by atoms with Crippen molar-refractivity contribution in [3.8, 4) is 0 Å². The summed E-state index contributed by atoms with van der Waals surface area (Å²) in [7, 11) is 0. The Labute approximate surface area is 222 Å². The highest BCUT2D eigenvalue weighted by molar-refractivity contribution is 6.01. The van der Waals surface area contributed by atoms with Gasteiger partial charge < -0.3 is 15.3 Å². The third kappa shape index (κ3) is 6.99. The van der Waals surface area contributed by atoms with E-state index in [1.807, 2.05) is 51.1 Å². The second-order valence-electron chi connectivity index (χ2n) is 12.6. The van der Waals surface area contributed by atoms with Crippen LogP contribution in [-0.4, -0.2) is 75.9 Å². The van der Waals surface area contributed by atoms with Crippen LogP contribution in [-0.2, 0) is 20.8 Å². The molecule has 2 heterocycles. The maximum atomic E-state index is 13.3. The number of aliphatic hydroxyl groups is 1. The normalized spacial score (nSPS) is 29.6. The van der Waals surface area contributed by atoms with Crippen molar-refractivity contribution in [2.75, 3.05) is 19.6 Å². The number of nitrogens with one attached hydrogen (secondary N) is 1. The van der Waals surface area contributed by atoms with Crippen molar-refractivity contribution in [2.24, 2.45) is 17.8 Å². The Bertz CT molecular complexity index is 959. The number of hydrogen-bond donors (Lipinski definition) is 2. The largest absolute Gasteiger partial charge is 0.390 e. The van der Waals surface area contributed by atoms with E-state index in [2.05, 4.69) is 10.2 Å². The van der Waals surface area contributed by atoms with Gasteiger partial charge in [0.05, 0.1) is 18.1 Å². The molecule has 2 N–H and O–H groups in total. The number of fused-ring (bicyclic) bond motifs is 1. The molecule has 6 atom stereocenters. The van der Waals surface area contributed by atoms with Crippen LogP contribution in [0.1, 0.15) is 71.8 Å². The van der Waals surface area contributed by atoms with E-state index in [1.54, 1.807) is 4.90 Å². The van der Waals surface area contributed by atoms with Gasteiger partial charge in [0.25, 0.3) is 0 Å². The Balaban J connectivity index is 1.47. The second kappa shape index (κ2) is 11.6. The number of nitrogens with zero attached hydrogens (tertiary/aromatic N) is 2. The summed E-state index contributed by atoms with van der Waals surface area (Å²) >= 11 is 0. The minimum absolute atomic E-state index is 0.0274. The third-order valence-electron chi connectivity index (χ3n) is 8.49. The number of β-amino-alcohol motifs (C(OH)–C–C–N with tert-alkyl or cyclic N) is 1. The van der Waals surface area contributed by atoms with Crippen molar-refractivity contribution in [3.63, 3.8) is 0 Å². The molecule has 1 saturated carbocycles. The fourth-order valence-corrected chi connectivity index (χ4v) is 6.72. The summed E-state index contributed by atoms with van der Waals surface area (Å²) in [5.41, 5.74) is 0.793. The Morgan fingerprint density at radius 2 is 1.73 bits per heavy atom. The third-order valence-corrected chi connectivity index (χ3v) is 8.49. The number of ketones is 1. The molecule has 1 aromatic carbocycles. The zero-order valence-corrected chi connectivity index (χ0v) is 23.0. The Morgan fingerprint density at radius 1 is 1.05 bits per heavy atom. The average molecular weight is 512 g/mol. The van der Waals surface area contributed by atoms with Gasteiger partial charge in [-0.15, -0.1) is 0 Å². The van der Waals surface area contributed by atoms with E-state index < -0.39 is 12.0 Å². The molecular formula is C30H45N3O4. The number of likely N-dealkylation sites (tertiary alicyclic amines) is 2. The van der Waals surface area contributed by atoms with Crippen molar-refractivity contribution < 1.29 is 19.5 Å². The molecule has 7 nitrogen and oxygen atoms in total. The lowest BCUT2D eigenvalue weighted by atomic mass is 9.72. The molecule has 0 spiro atoms. The molecule has 2 saturated heterocycles. The van der Waals surface area contributed by atoms with Gasteiger partial charge in [0.15, 0.2) is 0 Å². The first-order valence-corrected chi connectivity index (χ1v) is 14.1. The Morgan fingerprint density at radius 3 is 2.38 bits per heavy atom. The monoisotopic (exact) mass is 511 g/mol. The summed E-state index contributed by atoms with van der Waals surface area (Å²) in [5.74, 6) is 0.216. The van der Waals surface area contributed by atoms with Crippen LogP contribution in [0.5, 0.6) is 0 Å². The summed E-state index contributed by atoms with van der Waals surface area (Å²) < 4.78 is 0. The van der Waals surface area contributed by atoms with Crippen molar-refractivity contribution in [1.82, 2.24) is 15.1 Å². The number of piperidine rings is 1. The number of aliphatic hydroxyl groups excluding tert-OH is 1. The predicted molar refractivity (Wildman–Crippen MR) is 144 cm³/mol. The van der Waals surface area contributed by atoms with E-state index in [1.165, 1.54) is 32.6 Å². The first-order chi connectivity index (χ1) is 17.5. The number of hydrogen-bond acceptors (Lipinski definition) is 5. The second-order valence-corrected chi connectivity index (χ2v) is 12.6. The van der Waals surface area contributed by atoms with Crippen molar-refractivity contribution in [2.45, 2.75) is 96.4 Å². The lowest BCUT2D eigenvalue weighted by Gasteiger charge is -2.46. The number of carbonyl (C=O) groups excluding carboxylic acids is 3. The summed E-state index contributed by atoms with van der Waals surface area (Å²) in [4.78, 5) is 42.6. The maximum Gasteiger partial charge on any atom is 0.237 e. The van der Waals surface area contributed by atoms with Crippen LogP contribution in [0.25, 0.3) is 0 Å². The molecule has 4 unspecified atom stereocenters. The number of amides is 2. The van der Waals surface area contributed by atoms with E-state index in [4.69, 9.17) is 0 Å². The summed E-state index contributed by atoms with van der Waals surface area (Å²) in [6.07, 6.45) is 5.99. The van der Waals surface area contributed by atoms with Gasteiger partial charge in [0, 0.05) is 31.2 Å². The number of rotatable bonds is 8. The molecule has 0 aromatic heterocycles. The molecule has 204 valence electrons. The molecule has 0 radical (unpaired) electrons. The molecule has 37 heavy (non-hydrogen) atoms. The van der Waals surface area contributed by atoms with Gasteiger partial charge >= 0.3 is 0 Å². The molecular weight excluding hydrogens is 466 g/mol. The lowest BCUT2D eigenvalue weighted by molar-refractivity contribution is -0.139. The van der Waals surface area contributed by atoms with Crippen molar-refractivity contribution >= 4 is 17.6 Å². The predicted octanol–water partition coefficient (Wildman–Crippen LogP) is 3.19. The number of carbonyl (C=O) groups is 3. The summed E-state index contributed by atoms with van der Waals surface area (Å²) in [6, 6.07) is 9.59. The Hall–Kier alpha value is -2.25. The molecule has 1 aliphatic carbocycles. The number of Topliss-reactive ketones (excluding diaryl/α,β-unsaturated/α-hetero) is 1. The van der Waals surface area contributed by atoms with Crippen molar-refractivity contribution in [1.29, 1.82) is 0 Å². The van der Waals surface area contributed by atoms with Gasteiger partial charge in [-0.05, 0) is 70.8 Å². The van der Waals surface area contributed by atoms with E-state index in [-0.39, 0.29) is 41.8 Å². The zero-order chi connectivity index (χ0) is 26.7. The van der Waals surface area contributed by atoms with Crippen LogP contribution in [0.3, 0.4) is 0 Å². The van der Waals surface area contributed by atoms with Gasteiger partial charge in [0.2, 0.25) is 11.8 Å². The SMILES string of the molecule is CC(=O)C1CC(Cc2ccccc2)N(CC(O)CN2C[C@H]3CCCC[C@H]3CC2C(=O)NC(C)(C)C)C1=O. The smallest absolute Gasteiger partial charge is 0.237 e. The van der Waals surface area contributed by atoms with Crippen LogP contribution in [0, 0.1) is 17.8 Å². The standard InChI is InChI=1S/C30H45N3O4/c1-20(34)26-16-24(14-21-10-6-5-7-11-21)33(29(26)37)19-25(35)18-32-17-23-13-9-8-12-22(23)15-27(32)28(36)31-30(2,3)4/h5-7,10-11,22-27,35H,8-9,12-19H2,1-4H3,(H,31,36)/t22-,23+,24?,25?,26?,27?/m0/s1. The molecule has 2 amide bonds. The van der Waals surface area contributed by atoms with Crippen LogP contribution < -0.4 is 5.32 Å². The maximum absolute atomic E-state index is 13.3. The molecule has 4 rings (SSSR count). The minimum Gasteiger partial charge on any atom is -0.390 e. The minimum atomic E-state index is -0.794. The van der Waals surface area contributed by atoms with E-state index in [0.29, 0.717) is 31.2 Å². The molecule has 7 heteroatoms. The van der Waals surface area contributed by atoms with Gasteiger partial charge in [-0.25, -0.2) is 0 Å². The Kier molecular flexibility index (Phi) is 8.74. The topological polar surface area (TPSA) is 90.0 Å². The fourth-order valence-electron chi connectivity index (χ4n) is 6.72. The highest BCUT2D eigenvalue weighted by Crippen LogP contribution is 2.39. The highest BCUT2D eigenvalue weighted by Gasteiger charge is 2.44. The summed E-state index contributed by atoms with van der Waals surface area (Å²) in [5, 5.41) is 14.4. The van der Waals surface area contributed by atoms with E-state index >= 15 is 0 Å². The van der Waals surface area contributed by atoms with E-state index in [0.717, 1.165) is 18.5 Å². The molecule has 1 aromatic rings.